The van der Waals surface area contributed by atoms with Gasteiger partial charge < -0.3 is 0 Å². The van der Waals surface area contributed by atoms with Crippen LogP contribution in [-0.2, 0) is 27.9 Å². The summed E-state index contributed by atoms with van der Waals surface area (Å²) in [5.74, 6) is 0. The van der Waals surface area contributed by atoms with Crippen LogP contribution in [0.15, 0.2) is 58.4 Å². The Labute approximate surface area is 170 Å². The summed E-state index contributed by atoms with van der Waals surface area (Å²) >= 11 is 6.00. The summed E-state index contributed by atoms with van der Waals surface area (Å²) in [5, 5.41) is 1.53. The third kappa shape index (κ3) is 4.11. The highest BCUT2D eigenvalue weighted by molar-refractivity contribution is 7.93. The summed E-state index contributed by atoms with van der Waals surface area (Å²) in [5.41, 5.74) is 5.72. The molecule has 9 heteroatoms. The highest BCUT2D eigenvalue weighted by atomic mass is 35.5. The van der Waals surface area contributed by atoms with E-state index in [1.807, 2.05) is 0 Å². The second-order valence-electron chi connectivity index (χ2n) is 6.95. The lowest BCUT2D eigenvalue weighted by molar-refractivity contribution is -0.117. The number of fused-ring (bicyclic) bond motifs is 2. The minimum atomic E-state index is -3.64. The van der Waals surface area contributed by atoms with Crippen molar-refractivity contribution in [3.8, 4) is 0 Å². The van der Waals surface area contributed by atoms with Gasteiger partial charge in [0.15, 0.2) is 0 Å². The van der Waals surface area contributed by atoms with E-state index in [9.17, 15) is 8.42 Å². The first kappa shape index (κ1) is 19.5. The van der Waals surface area contributed by atoms with Crippen molar-refractivity contribution in [2.75, 3.05) is 19.6 Å². The highest BCUT2D eigenvalue weighted by Gasteiger charge is 2.32. The topological polar surface area (TPSA) is 73.9 Å². The molecule has 1 aromatic rings. The second kappa shape index (κ2) is 8.26. The van der Waals surface area contributed by atoms with Crippen LogP contribution in [-0.4, -0.2) is 38.0 Å². The number of unbranched alkanes of at least 4 members (excludes halogenated alkanes) is 1. The van der Waals surface area contributed by atoms with Gasteiger partial charge in [-0.1, -0.05) is 35.9 Å². The molecular weight excluding hydrogens is 400 g/mol. The van der Waals surface area contributed by atoms with Gasteiger partial charge in [0.25, 0.3) is 0 Å². The van der Waals surface area contributed by atoms with Crippen LogP contribution in [0.4, 0.5) is 0 Å². The third-order valence-corrected chi connectivity index (χ3v) is 6.86. The zero-order chi connectivity index (χ0) is 19.6. The molecule has 0 fully saturated rings. The molecule has 2 N–H and O–H groups in total. The highest BCUT2D eigenvalue weighted by Crippen LogP contribution is 2.32. The Hall–Kier alpha value is -1.84. The van der Waals surface area contributed by atoms with E-state index in [-0.39, 0.29) is 4.91 Å². The molecule has 4 rings (SSSR count). The van der Waals surface area contributed by atoms with Crippen molar-refractivity contribution in [1.29, 1.82) is 0 Å². The molecule has 3 aliphatic heterocycles. The number of hydrogen-bond acceptors (Lipinski definition) is 6. The van der Waals surface area contributed by atoms with Crippen molar-refractivity contribution in [3.05, 3.63) is 69.5 Å². The van der Waals surface area contributed by atoms with Crippen LogP contribution in [0.5, 0.6) is 0 Å². The summed E-state index contributed by atoms with van der Waals surface area (Å²) in [7, 11) is -3.64. The molecule has 0 aliphatic carbocycles. The smallest absolute Gasteiger partial charge is 0.242 e. The summed E-state index contributed by atoms with van der Waals surface area (Å²) in [6.07, 6.45) is 7.24. The zero-order valence-electron chi connectivity index (χ0n) is 15.4. The van der Waals surface area contributed by atoms with Gasteiger partial charge in [0, 0.05) is 19.6 Å². The molecule has 0 saturated heterocycles. The lowest BCUT2D eigenvalue weighted by atomic mass is 10.00. The summed E-state index contributed by atoms with van der Waals surface area (Å²) < 4.78 is 27.9. The molecule has 0 radical (unpaired) electrons. The molecule has 0 aromatic heterocycles. The van der Waals surface area contributed by atoms with Gasteiger partial charge in [-0.15, -0.1) is 0 Å². The quantitative estimate of drug-likeness (QED) is 0.519. The number of nitrogens with one attached hydrogen (secondary N) is 2. The van der Waals surface area contributed by atoms with Gasteiger partial charge in [-0.2, -0.15) is 10.0 Å². The molecule has 0 unspecified atom stereocenters. The van der Waals surface area contributed by atoms with Crippen molar-refractivity contribution >= 4 is 21.6 Å². The van der Waals surface area contributed by atoms with E-state index < -0.39 is 10.0 Å². The molecule has 0 amide bonds. The van der Waals surface area contributed by atoms with Gasteiger partial charge in [-0.05, 0) is 49.1 Å². The van der Waals surface area contributed by atoms with Gasteiger partial charge in [0.05, 0.1) is 6.20 Å². The Morgan fingerprint density at radius 2 is 2.00 bits per heavy atom. The molecule has 0 spiro atoms. The van der Waals surface area contributed by atoms with Gasteiger partial charge in [-0.3, -0.25) is 4.90 Å². The van der Waals surface area contributed by atoms with Crippen LogP contribution in [0.3, 0.4) is 0 Å². The van der Waals surface area contributed by atoms with E-state index in [4.69, 9.17) is 16.5 Å². The van der Waals surface area contributed by atoms with E-state index in [0.29, 0.717) is 17.4 Å². The van der Waals surface area contributed by atoms with Crippen molar-refractivity contribution in [2.24, 2.45) is 0 Å². The van der Waals surface area contributed by atoms with E-state index >= 15 is 0 Å². The van der Waals surface area contributed by atoms with E-state index in [1.165, 1.54) is 34.5 Å². The molecule has 3 heterocycles. The van der Waals surface area contributed by atoms with Crippen LogP contribution < -0.4 is 10.2 Å². The van der Waals surface area contributed by atoms with Gasteiger partial charge in [0.2, 0.25) is 10.0 Å². The fraction of sp³-hybridized carbons (Fsp3) is 0.368. The normalized spacial score (nSPS) is 19.3. The lowest BCUT2D eigenvalue weighted by Gasteiger charge is -2.28. The summed E-state index contributed by atoms with van der Waals surface area (Å²) in [6, 6.07) is 8.56. The van der Waals surface area contributed by atoms with Gasteiger partial charge >= 0.3 is 0 Å². The number of nitrogens with zero attached hydrogens (tertiary/aromatic N) is 2. The Morgan fingerprint density at radius 1 is 1.18 bits per heavy atom. The van der Waals surface area contributed by atoms with Gasteiger partial charge in [-0.25, -0.2) is 18.6 Å². The number of allylic oxidation sites excluding steroid dienone is 2. The molecule has 3 aliphatic rings. The minimum Gasteiger partial charge on any atom is -0.299 e. The Bertz CT molecular complexity index is 942. The molecule has 28 heavy (non-hydrogen) atoms. The average molecular weight is 423 g/mol. The fourth-order valence-electron chi connectivity index (χ4n) is 3.59. The first-order valence-corrected chi connectivity index (χ1v) is 11.2. The second-order valence-corrected chi connectivity index (χ2v) is 9.08. The third-order valence-electron chi connectivity index (χ3n) is 5.07. The number of hydroxylamine groups is 3. The SMILES string of the molecule is O=S(=O)(NCCCCN1CCc2ccccc2C1)C1=CC=C(Cl)N2ONC=C12. The zero-order valence-corrected chi connectivity index (χ0v) is 17.0. The number of hydrogen-bond donors (Lipinski definition) is 2. The van der Waals surface area contributed by atoms with Crippen LogP contribution >= 0.6 is 11.6 Å². The molecule has 7 nitrogen and oxygen atoms in total. The average Bonchev–Trinajstić information content (AvgIpc) is 3.18. The van der Waals surface area contributed by atoms with Crippen LogP contribution in [0, 0.1) is 0 Å². The largest absolute Gasteiger partial charge is 0.299 e. The minimum absolute atomic E-state index is 0.134. The molecule has 1 aromatic carbocycles. The van der Waals surface area contributed by atoms with Crippen molar-refractivity contribution in [3.63, 3.8) is 0 Å². The molecular formula is C19H23ClN4O3S. The Balaban J connectivity index is 1.24. The predicted molar refractivity (Wildman–Crippen MR) is 108 cm³/mol. The van der Waals surface area contributed by atoms with Crippen LogP contribution in [0.1, 0.15) is 24.0 Å². The number of sulfonamides is 1. The Kier molecular flexibility index (Phi) is 5.75. The monoisotopic (exact) mass is 422 g/mol. The summed E-state index contributed by atoms with van der Waals surface area (Å²) in [4.78, 5) is 7.64. The van der Waals surface area contributed by atoms with E-state index in [2.05, 4.69) is 39.4 Å². The first-order valence-electron chi connectivity index (χ1n) is 9.34. The maximum Gasteiger partial charge on any atom is 0.242 e. The summed E-state index contributed by atoms with van der Waals surface area (Å²) in [6.45, 7) is 3.38. The van der Waals surface area contributed by atoms with E-state index in [1.54, 1.807) is 0 Å². The number of benzene rings is 1. The molecule has 0 bridgehead atoms. The molecule has 0 saturated carbocycles. The maximum absolute atomic E-state index is 12.6. The van der Waals surface area contributed by atoms with Crippen LogP contribution in [0.2, 0.25) is 0 Å². The fourth-order valence-corrected chi connectivity index (χ4v) is 5.01. The standard InChI is InChI=1S/C19H23ClN4O3S/c20-19-8-7-18(17-13-21-27-24(17)19)28(25,26)22-10-3-4-11-23-12-9-15-5-1-2-6-16(15)14-23/h1-2,5-8,13,21-22H,3-4,9-12,14H2. The predicted octanol–water partition coefficient (Wildman–Crippen LogP) is 2.32. The number of halogens is 1. The van der Waals surface area contributed by atoms with Crippen molar-refractivity contribution < 1.29 is 13.4 Å². The van der Waals surface area contributed by atoms with Crippen molar-refractivity contribution in [1.82, 2.24) is 20.2 Å². The number of rotatable bonds is 7. The van der Waals surface area contributed by atoms with Gasteiger partial charge in [0.1, 0.15) is 15.8 Å². The lowest BCUT2D eigenvalue weighted by Crippen LogP contribution is -2.33. The first-order chi connectivity index (χ1) is 13.5. The maximum atomic E-state index is 12.6. The Morgan fingerprint density at radius 3 is 2.86 bits per heavy atom. The van der Waals surface area contributed by atoms with Crippen molar-refractivity contribution in [2.45, 2.75) is 25.8 Å². The van der Waals surface area contributed by atoms with E-state index in [0.717, 1.165) is 38.9 Å². The molecule has 0 atom stereocenters. The van der Waals surface area contributed by atoms with Crippen LogP contribution in [0.25, 0.3) is 0 Å². The molecule has 150 valence electrons.